The lowest BCUT2D eigenvalue weighted by atomic mass is 10.0. The summed E-state index contributed by atoms with van der Waals surface area (Å²) in [6.07, 6.45) is -0.807. The molecule has 0 fully saturated rings. The Labute approximate surface area is 173 Å². The minimum absolute atomic E-state index is 0.325. The number of rotatable bonds is 5. The lowest BCUT2D eigenvalue weighted by molar-refractivity contribution is -0.122. The second-order valence-electron chi connectivity index (χ2n) is 7.04. The molecule has 1 N–H and O–H groups in total. The number of aryl methyl sites for hydroxylation is 2. The van der Waals surface area contributed by atoms with Gasteiger partial charge in [0, 0.05) is 18.8 Å². The normalized spacial score (nSPS) is 12.0. The van der Waals surface area contributed by atoms with Gasteiger partial charge in [-0.15, -0.1) is 0 Å². The van der Waals surface area contributed by atoms with Crippen molar-refractivity contribution in [3.63, 3.8) is 0 Å². The van der Waals surface area contributed by atoms with Crippen molar-refractivity contribution in [3.05, 3.63) is 72.2 Å². The number of aromatic nitrogens is 3. The SMILES string of the molecule is Cc1nn(C)c2nc(O[C@@H](C)C(=O)Nc3ccc(F)cc3)cc(-c3ccccc3)c12. The smallest absolute Gasteiger partial charge is 0.265 e. The minimum atomic E-state index is -0.807. The minimum Gasteiger partial charge on any atom is -0.464 e. The van der Waals surface area contributed by atoms with Gasteiger partial charge in [-0.25, -0.2) is 4.39 Å². The first-order chi connectivity index (χ1) is 14.4. The van der Waals surface area contributed by atoms with E-state index in [1.807, 2.05) is 50.4 Å². The Morgan fingerprint density at radius 3 is 2.53 bits per heavy atom. The van der Waals surface area contributed by atoms with Crippen LogP contribution in [0.2, 0.25) is 0 Å². The van der Waals surface area contributed by atoms with Crippen molar-refractivity contribution in [2.24, 2.45) is 7.05 Å². The molecular weight excluding hydrogens is 383 g/mol. The molecule has 0 saturated heterocycles. The third kappa shape index (κ3) is 3.87. The summed E-state index contributed by atoms with van der Waals surface area (Å²) < 4.78 is 20.6. The summed E-state index contributed by atoms with van der Waals surface area (Å²) in [7, 11) is 1.82. The number of hydrogen-bond acceptors (Lipinski definition) is 4. The van der Waals surface area contributed by atoms with Crippen LogP contribution < -0.4 is 10.1 Å². The van der Waals surface area contributed by atoms with E-state index in [2.05, 4.69) is 15.4 Å². The van der Waals surface area contributed by atoms with Gasteiger partial charge in [0.15, 0.2) is 11.8 Å². The van der Waals surface area contributed by atoms with Crippen molar-refractivity contribution in [2.75, 3.05) is 5.32 Å². The number of nitrogens with zero attached hydrogens (tertiary/aromatic N) is 3. The molecule has 1 atom stereocenters. The molecule has 0 unspecified atom stereocenters. The molecule has 2 heterocycles. The van der Waals surface area contributed by atoms with Crippen LogP contribution in [0.3, 0.4) is 0 Å². The summed E-state index contributed by atoms with van der Waals surface area (Å²) in [4.78, 5) is 17.1. The van der Waals surface area contributed by atoms with Crippen LogP contribution in [0.4, 0.5) is 10.1 Å². The van der Waals surface area contributed by atoms with Gasteiger partial charge in [-0.05, 0) is 49.2 Å². The number of hydrogen-bond donors (Lipinski definition) is 1. The third-order valence-electron chi connectivity index (χ3n) is 4.81. The maximum Gasteiger partial charge on any atom is 0.265 e. The number of amides is 1. The van der Waals surface area contributed by atoms with Crippen LogP contribution in [0.25, 0.3) is 22.2 Å². The summed E-state index contributed by atoms with van der Waals surface area (Å²) in [6.45, 7) is 3.58. The molecule has 0 aliphatic rings. The molecule has 0 saturated carbocycles. The van der Waals surface area contributed by atoms with Crippen LogP contribution in [0.15, 0.2) is 60.7 Å². The summed E-state index contributed by atoms with van der Waals surface area (Å²) in [5, 5.41) is 8.14. The second-order valence-corrected chi connectivity index (χ2v) is 7.04. The number of ether oxygens (including phenoxy) is 1. The molecule has 0 aliphatic carbocycles. The molecule has 30 heavy (non-hydrogen) atoms. The number of nitrogens with one attached hydrogen (secondary N) is 1. The zero-order valence-electron chi connectivity index (χ0n) is 16.9. The predicted octanol–water partition coefficient (Wildman–Crippen LogP) is 4.49. The Bertz CT molecular complexity index is 1200. The summed E-state index contributed by atoms with van der Waals surface area (Å²) in [6, 6.07) is 17.3. The van der Waals surface area contributed by atoms with Crippen molar-refractivity contribution in [1.82, 2.24) is 14.8 Å². The molecule has 2 aromatic carbocycles. The molecule has 4 rings (SSSR count). The van der Waals surface area contributed by atoms with Gasteiger partial charge in [0.1, 0.15) is 5.82 Å². The largest absolute Gasteiger partial charge is 0.464 e. The van der Waals surface area contributed by atoms with Gasteiger partial charge in [-0.2, -0.15) is 10.1 Å². The second kappa shape index (κ2) is 7.94. The number of carbonyl (C=O) groups excluding carboxylic acids is 1. The van der Waals surface area contributed by atoms with Crippen molar-refractivity contribution in [3.8, 4) is 17.0 Å². The number of pyridine rings is 1. The first-order valence-corrected chi connectivity index (χ1v) is 9.55. The fourth-order valence-electron chi connectivity index (χ4n) is 3.34. The van der Waals surface area contributed by atoms with E-state index in [-0.39, 0.29) is 11.7 Å². The number of halogens is 1. The number of anilines is 1. The number of benzene rings is 2. The van der Waals surface area contributed by atoms with Crippen LogP contribution in [-0.4, -0.2) is 26.8 Å². The van der Waals surface area contributed by atoms with Gasteiger partial charge >= 0.3 is 0 Å². The van der Waals surface area contributed by atoms with Crippen molar-refractivity contribution >= 4 is 22.6 Å². The molecule has 4 aromatic rings. The number of carbonyl (C=O) groups is 1. The average Bonchev–Trinajstić information content (AvgIpc) is 3.03. The van der Waals surface area contributed by atoms with Crippen LogP contribution >= 0.6 is 0 Å². The van der Waals surface area contributed by atoms with Crippen LogP contribution in [0.5, 0.6) is 5.88 Å². The topological polar surface area (TPSA) is 69.0 Å². The summed E-state index contributed by atoms with van der Waals surface area (Å²) in [5.74, 6) is -0.397. The molecule has 7 heteroatoms. The maximum atomic E-state index is 13.1. The molecule has 0 spiro atoms. The molecule has 0 radical (unpaired) electrons. The van der Waals surface area contributed by atoms with Gasteiger partial charge in [-0.3, -0.25) is 9.48 Å². The van der Waals surface area contributed by atoms with E-state index in [9.17, 15) is 9.18 Å². The van der Waals surface area contributed by atoms with Crippen LogP contribution in [0.1, 0.15) is 12.6 Å². The lowest BCUT2D eigenvalue weighted by Gasteiger charge is -2.15. The van der Waals surface area contributed by atoms with Crippen molar-refractivity contribution in [2.45, 2.75) is 20.0 Å². The average molecular weight is 404 g/mol. The summed E-state index contributed by atoms with van der Waals surface area (Å²) >= 11 is 0. The first-order valence-electron chi connectivity index (χ1n) is 9.55. The molecule has 0 bridgehead atoms. The molecule has 0 aliphatic heterocycles. The van der Waals surface area contributed by atoms with E-state index in [0.29, 0.717) is 17.2 Å². The van der Waals surface area contributed by atoms with Gasteiger partial charge in [0.25, 0.3) is 5.91 Å². The highest BCUT2D eigenvalue weighted by atomic mass is 19.1. The third-order valence-corrected chi connectivity index (χ3v) is 4.81. The van der Waals surface area contributed by atoms with Gasteiger partial charge in [0.2, 0.25) is 5.88 Å². The van der Waals surface area contributed by atoms with Crippen molar-refractivity contribution < 1.29 is 13.9 Å². The van der Waals surface area contributed by atoms with Crippen LogP contribution in [0, 0.1) is 12.7 Å². The maximum absolute atomic E-state index is 13.1. The Morgan fingerprint density at radius 2 is 1.83 bits per heavy atom. The molecule has 152 valence electrons. The van der Waals surface area contributed by atoms with Gasteiger partial charge in [-0.1, -0.05) is 30.3 Å². The van der Waals surface area contributed by atoms with E-state index >= 15 is 0 Å². The van der Waals surface area contributed by atoms with E-state index in [1.165, 1.54) is 24.3 Å². The zero-order chi connectivity index (χ0) is 21.3. The fraction of sp³-hybridized carbons (Fsp3) is 0.174. The molecule has 6 nitrogen and oxygen atoms in total. The van der Waals surface area contributed by atoms with E-state index in [0.717, 1.165) is 22.2 Å². The highest BCUT2D eigenvalue weighted by Crippen LogP contribution is 2.33. The quantitative estimate of drug-likeness (QED) is 0.532. The zero-order valence-corrected chi connectivity index (χ0v) is 16.9. The van der Waals surface area contributed by atoms with Crippen molar-refractivity contribution in [1.29, 1.82) is 0 Å². The summed E-state index contributed by atoms with van der Waals surface area (Å²) in [5.41, 5.74) is 3.98. The van der Waals surface area contributed by atoms with E-state index in [4.69, 9.17) is 4.74 Å². The van der Waals surface area contributed by atoms with Gasteiger partial charge < -0.3 is 10.1 Å². The standard InChI is InChI=1S/C23H21FN4O2/c1-14-21-19(16-7-5-4-6-8-16)13-20(26-22(21)28(3)27-14)30-15(2)23(29)25-18-11-9-17(24)10-12-18/h4-13,15H,1-3H3,(H,25,29)/t15-/m0/s1. The Kier molecular flexibility index (Phi) is 5.18. The van der Waals surface area contributed by atoms with E-state index < -0.39 is 6.10 Å². The van der Waals surface area contributed by atoms with E-state index in [1.54, 1.807) is 11.6 Å². The van der Waals surface area contributed by atoms with Crippen LogP contribution in [-0.2, 0) is 11.8 Å². The highest BCUT2D eigenvalue weighted by molar-refractivity contribution is 5.96. The highest BCUT2D eigenvalue weighted by Gasteiger charge is 2.19. The predicted molar refractivity (Wildman–Crippen MR) is 114 cm³/mol. The Hall–Kier alpha value is -3.74. The number of fused-ring (bicyclic) bond motifs is 1. The monoisotopic (exact) mass is 404 g/mol. The molecule has 1 amide bonds. The molecule has 2 aromatic heterocycles. The van der Waals surface area contributed by atoms with Gasteiger partial charge in [0.05, 0.1) is 11.1 Å². The Morgan fingerprint density at radius 1 is 1.13 bits per heavy atom. The first kappa shape index (κ1) is 19.6. The molecular formula is C23H21FN4O2. The fourth-order valence-corrected chi connectivity index (χ4v) is 3.34. The Balaban J connectivity index is 1.65. The lowest BCUT2D eigenvalue weighted by Crippen LogP contribution is -2.30.